The van der Waals surface area contributed by atoms with E-state index in [1.54, 1.807) is 44.2 Å². The Morgan fingerprint density at radius 2 is 1.74 bits per heavy atom. The summed E-state index contributed by atoms with van der Waals surface area (Å²) in [5, 5.41) is 3.31. The normalized spacial score (nSPS) is 11.7. The van der Waals surface area contributed by atoms with Gasteiger partial charge in [-0.3, -0.25) is 14.2 Å². The zero-order valence-electron chi connectivity index (χ0n) is 17.6. The molecular weight excluding hydrogens is 416 g/mol. The lowest BCUT2D eigenvalue weighted by molar-refractivity contribution is -0.116. The zero-order valence-corrected chi connectivity index (χ0v) is 18.4. The molecule has 0 unspecified atom stereocenters. The van der Waals surface area contributed by atoms with Gasteiger partial charge in [0.1, 0.15) is 0 Å². The van der Waals surface area contributed by atoms with Crippen molar-refractivity contribution in [3.8, 4) is 0 Å². The molecule has 1 N–H and O–H groups in total. The molecule has 1 heterocycles. The van der Waals surface area contributed by atoms with Gasteiger partial charge in [0.25, 0.3) is 5.56 Å². The summed E-state index contributed by atoms with van der Waals surface area (Å²) in [6.07, 6.45) is 2.19. The molecule has 1 aromatic heterocycles. The van der Waals surface area contributed by atoms with E-state index in [2.05, 4.69) is 10.3 Å². The van der Waals surface area contributed by atoms with Crippen LogP contribution >= 0.6 is 0 Å². The molecule has 1 amide bonds. The number of nitrogens with zero attached hydrogens (tertiary/aromatic N) is 3. The van der Waals surface area contributed by atoms with Crippen molar-refractivity contribution in [1.29, 1.82) is 0 Å². The predicted octanol–water partition coefficient (Wildman–Crippen LogP) is 2.85. The van der Waals surface area contributed by atoms with Crippen LogP contribution in [-0.4, -0.2) is 41.3 Å². The maximum atomic E-state index is 12.5. The first-order chi connectivity index (χ1) is 14.9. The average Bonchev–Trinajstić information content (AvgIpc) is 2.76. The topological polar surface area (TPSA) is 101 Å². The standard InChI is InChI=1S/C22H26N4O4S/c1-3-26(4-2)31(29,30)18-13-11-17(12-14-18)24-21(27)10-7-15-25-16-23-20-9-6-5-8-19(20)22(25)28/h5-6,8-9,11-14,16H,3-4,7,10,15H2,1-2H3,(H,24,27). The van der Waals surface area contributed by atoms with Gasteiger partial charge in [0.15, 0.2) is 0 Å². The Balaban J connectivity index is 1.57. The van der Waals surface area contributed by atoms with Gasteiger partial charge < -0.3 is 5.32 Å². The number of carbonyl (C=O) groups excluding carboxylic acids is 1. The van der Waals surface area contributed by atoms with Gasteiger partial charge in [-0.25, -0.2) is 13.4 Å². The first-order valence-electron chi connectivity index (χ1n) is 10.2. The van der Waals surface area contributed by atoms with Crippen LogP contribution in [0.4, 0.5) is 5.69 Å². The fourth-order valence-corrected chi connectivity index (χ4v) is 4.78. The van der Waals surface area contributed by atoms with E-state index in [0.717, 1.165) is 0 Å². The number of rotatable bonds is 9. The Bertz CT molecular complexity index is 1220. The number of fused-ring (bicyclic) bond motifs is 1. The van der Waals surface area contributed by atoms with Gasteiger partial charge in [0.2, 0.25) is 15.9 Å². The van der Waals surface area contributed by atoms with E-state index >= 15 is 0 Å². The van der Waals surface area contributed by atoms with Crippen LogP contribution in [0.1, 0.15) is 26.7 Å². The summed E-state index contributed by atoms with van der Waals surface area (Å²) in [5.41, 5.74) is 1.04. The van der Waals surface area contributed by atoms with Crippen LogP contribution in [0.3, 0.4) is 0 Å². The van der Waals surface area contributed by atoms with Gasteiger partial charge in [-0.1, -0.05) is 26.0 Å². The lowest BCUT2D eigenvalue weighted by Gasteiger charge is -2.18. The van der Waals surface area contributed by atoms with Crippen LogP contribution in [0.5, 0.6) is 0 Å². The van der Waals surface area contributed by atoms with Gasteiger partial charge in [0, 0.05) is 31.7 Å². The highest BCUT2D eigenvalue weighted by molar-refractivity contribution is 7.89. The Hall–Kier alpha value is -3.04. The van der Waals surface area contributed by atoms with Crippen molar-refractivity contribution in [2.45, 2.75) is 38.1 Å². The van der Waals surface area contributed by atoms with Crippen molar-refractivity contribution in [3.05, 3.63) is 65.2 Å². The van der Waals surface area contributed by atoms with Crippen molar-refractivity contribution in [2.24, 2.45) is 0 Å². The number of amides is 1. The minimum absolute atomic E-state index is 0.129. The van der Waals surface area contributed by atoms with E-state index in [1.807, 2.05) is 6.07 Å². The quantitative estimate of drug-likeness (QED) is 0.549. The number of para-hydroxylation sites is 1. The summed E-state index contributed by atoms with van der Waals surface area (Å²) in [4.78, 5) is 29.2. The third kappa shape index (κ3) is 5.18. The maximum absolute atomic E-state index is 12.5. The third-order valence-electron chi connectivity index (χ3n) is 5.02. The van der Waals surface area contributed by atoms with Crippen LogP contribution in [-0.2, 0) is 21.4 Å². The second-order valence-corrected chi connectivity index (χ2v) is 8.96. The molecule has 0 aliphatic heterocycles. The molecule has 0 aliphatic rings. The molecule has 8 nitrogen and oxygen atoms in total. The van der Waals surface area contributed by atoms with E-state index in [-0.39, 0.29) is 22.8 Å². The molecular formula is C22H26N4O4S. The van der Waals surface area contributed by atoms with E-state index < -0.39 is 10.0 Å². The fraction of sp³-hybridized carbons (Fsp3) is 0.318. The number of nitrogens with one attached hydrogen (secondary N) is 1. The van der Waals surface area contributed by atoms with Crippen molar-refractivity contribution >= 4 is 32.5 Å². The van der Waals surface area contributed by atoms with Crippen molar-refractivity contribution < 1.29 is 13.2 Å². The minimum Gasteiger partial charge on any atom is -0.326 e. The Labute approximate surface area is 181 Å². The summed E-state index contributed by atoms with van der Waals surface area (Å²) >= 11 is 0. The van der Waals surface area contributed by atoms with Crippen LogP contribution in [0.15, 0.2) is 64.5 Å². The molecule has 164 valence electrons. The molecule has 3 aromatic rings. The SMILES string of the molecule is CCN(CC)S(=O)(=O)c1ccc(NC(=O)CCCn2cnc3ccccc3c2=O)cc1. The predicted molar refractivity (Wildman–Crippen MR) is 120 cm³/mol. The number of hydrogen-bond acceptors (Lipinski definition) is 5. The van der Waals surface area contributed by atoms with Crippen LogP contribution in [0, 0.1) is 0 Å². The summed E-state index contributed by atoms with van der Waals surface area (Å²) in [7, 11) is -3.53. The third-order valence-corrected chi connectivity index (χ3v) is 7.08. The average molecular weight is 443 g/mol. The molecule has 0 radical (unpaired) electrons. The lowest BCUT2D eigenvalue weighted by atomic mass is 10.2. The Morgan fingerprint density at radius 3 is 2.42 bits per heavy atom. The molecule has 0 bridgehead atoms. The van der Waals surface area contributed by atoms with Gasteiger partial charge in [0.05, 0.1) is 22.1 Å². The molecule has 0 fully saturated rings. The van der Waals surface area contributed by atoms with Gasteiger partial charge in [-0.15, -0.1) is 0 Å². The summed E-state index contributed by atoms with van der Waals surface area (Å²) < 4.78 is 27.9. The smallest absolute Gasteiger partial charge is 0.261 e. The monoisotopic (exact) mass is 442 g/mol. The number of aromatic nitrogens is 2. The van der Waals surface area contributed by atoms with Crippen LogP contribution in [0.2, 0.25) is 0 Å². The Kier molecular flexibility index (Phi) is 7.19. The van der Waals surface area contributed by atoms with Crippen molar-refractivity contribution in [2.75, 3.05) is 18.4 Å². The number of aryl methyl sites for hydroxylation is 1. The molecule has 0 aliphatic carbocycles. The van der Waals surface area contributed by atoms with E-state index in [4.69, 9.17) is 0 Å². The number of carbonyl (C=O) groups is 1. The van der Waals surface area contributed by atoms with Gasteiger partial charge >= 0.3 is 0 Å². The molecule has 0 atom stereocenters. The molecule has 2 aromatic carbocycles. The molecule has 3 rings (SSSR count). The lowest BCUT2D eigenvalue weighted by Crippen LogP contribution is -2.30. The highest BCUT2D eigenvalue weighted by Crippen LogP contribution is 2.18. The Morgan fingerprint density at radius 1 is 1.06 bits per heavy atom. The summed E-state index contributed by atoms with van der Waals surface area (Å²) in [6, 6.07) is 13.3. The molecule has 9 heteroatoms. The van der Waals surface area contributed by atoms with Crippen molar-refractivity contribution in [3.63, 3.8) is 0 Å². The number of benzene rings is 2. The van der Waals surface area contributed by atoms with E-state index in [1.165, 1.54) is 27.3 Å². The van der Waals surface area contributed by atoms with Crippen LogP contribution in [0.25, 0.3) is 10.9 Å². The highest BCUT2D eigenvalue weighted by Gasteiger charge is 2.21. The van der Waals surface area contributed by atoms with E-state index in [9.17, 15) is 18.0 Å². The summed E-state index contributed by atoms with van der Waals surface area (Å²) in [6.45, 7) is 4.75. The number of sulfonamides is 1. The molecule has 0 saturated carbocycles. The largest absolute Gasteiger partial charge is 0.326 e. The van der Waals surface area contributed by atoms with Crippen LogP contribution < -0.4 is 10.9 Å². The molecule has 0 spiro atoms. The number of anilines is 1. The second kappa shape index (κ2) is 9.84. The zero-order chi connectivity index (χ0) is 22.4. The highest BCUT2D eigenvalue weighted by atomic mass is 32.2. The van der Waals surface area contributed by atoms with Gasteiger partial charge in [-0.2, -0.15) is 4.31 Å². The first-order valence-corrected chi connectivity index (χ1v) is 11.6. The maximum Gasteiger partial charge on any atom is 0.261 e. The minimum atomic E-state index is -3.53. The van der Waals surface area contributed by atoms with E-state index in [0.29, 0.717) is 42.6 Å². The van der Waals surface area contributed by atoms with Gasteiger partial charge in [-0.05, 0) is 42.8 Å². The second-order valence-electron chi connectivity index (χ2n) is 7.03. The first kappa shape index (κ1) is 22.6. The fourth-order valence-electron chi connectivity index (χ4n) is 3.32. The number of hydrogen-bond donors (Lipinski definition) is 1. The molecule has 31 heavy (non-hydrogen) atoms. The summed E-state index contributed by atoms with van der Waals surface area (Å²) in [5.74, 6) is -0.207. The molecule has 0 saturated heterocycles. The van der Waals surface area contributed by atoms with Crippen molar-refractivity contribution in [1.82, 2.24) is 13.9 Å².